The lowest BCUT2D eigenvalue weighted by molar-refractivity contribution is -0.139. The number of aliphatic hydroxyl groups excluding tert-OH is 1. The molecule has 2 aromatic rings. The molecule has 0 spiro atoms. The summed E-state index contributed by atoms with van der Waals surface area (Å²) in [5, 5.41) is 11.5. The van der Waals surface area contributed by atoms with E-state index >= 15 is 0 Å². The van der Waals surface area contributed by atoms with Gasteiger partial charge in [-0.05, 0) is 81.4 Å². The molecule has 1 saturated heterocycles. The van der Waals surface area contributed by atoms with E-state index in [2.05, 4.69) is 13.8 Å². The Balaban J connectivity index is 2.11. The third kappa shape index (κ3) is 6.25. The fourth-order valence-electron chi connectivity index (χ4n) is 4.44. The van der Waals surface area contributed by atoms with E-state index in [1.807, 2.05) is 32.0 Å². The Hall–Kier alpha value is -3.52. The minimum absolute atomic E-state index is 0.0565. The summed E-state index contributed by atoms with van der Waals surface area (Å²) in [5.74, 6) is 0.518. The minimum atomic E-state index is -0.766. The van der Waals surface area contributed by atoms with Crippen LogP contribution in [0.1, 0.15) is 43.0 Å². The van der Waals surface area contributed by atoms with Crippen molar-refractivity contribution in [2.75, 3.05) is 48.0 Å². The van der Waals surface area contributed by atoms with E-state index < -0.39 is 17.7 Å². The third-order valence-corrected chi connectivity index (χ3v) is 6.30. The van der Waals surface area contributed by atoms with Crippen LogP contribution in [0.25, 0.3) is 5.76 Å². The Kier molecular flexibility index (Phi) is 9.21. The van der Waals surface area contributed by atoms with E-state index in [0.29, 0.717) is 53.9 Å². The number of aliphatic hydroxyl groups is 1. The van der Waals surface area contributed by atoms with Gasteiger partial charge in [0.1, 0.15) is 11.5 Å². The molecule has 200 valence electrons. The number of ketones is 1. The van der Waals surface area contributed by atoms with Gasteiger partial charge in [0.15, 0.2) is 11.5 Å². The van der Waals surface area contributed by atoms with E-state index in [-0.39, 0.29) is 11.3 Å². The van der Waals surface area contributed by atoms with Gasteiger partial charge in [0.25, 0.3) is 11.7 Å². The molecule has 8 heteroatoms. The summed E-state index contributed by atoms with van der Waals surface area (Å²) >= 11 is 0. The minimum Gasteiger partial charge on any atom is -0.507 e. The number of methoxy groups -OCH3 is 2. The monoisotopic (exact) mass is 510 g/mol. The molecule has 1 aliphatic rings. The van der Waals surface area contributed by atoms with Gasteiger partial charge in [-0.3, -0.25) is 9.59 Å². The zero-order chi connectivity index (χ0) is 27.3. The van der Waals surface area contributed by atoms with Gasteiger partial charge in [-0.25, -0.2) is 0 Å². The Labute approximate surface area is 219 Å². The summed E-state index contributed by atoms with van der Waals surface area (Å²) in [6, 6.07) is 9.83. The lowest BCUT2D eigenvalue weighted by atomic mass is 9.93. The van der Waals surface area contributed by atoms with Crippen LogP contribution in [-0.2, 0) is 9.59 Å². The molecular weight excluding hydrogens is 472 g/mol. The maximum Gasteiger partial charge on any atom is 0.295 e. The normalized spacial score (nSPS) is 17.1. The number of hydrogen-bond acceptors (Lipinski definition) is 7. The molecule has 1 atom stereocenters. The number of carbonyl (C=O) groups is 2. The number of Topliss-reactive ketones (excluding diaryl/α,β-unsaturated/α-hetero) is 1. The number of likely N-dealkylation sites (tertiary alicyclic amines) is 1. The van der Waals surface area contributed by atoms with Crippen LogP contribution in [0.5, 0.6) is 17.2 Å². The van der Waals surface area contributed by atoms with E-state index in [1.54, 1.807) is 37.4 Å². The highest BCUT2D eigenvalue weighted by molar-refractivity contribution is 6.46. The van der Waals surface area contributed by atoms with Crippen LogP contribution < -0.4 is 14.2 Å². The van der Waals surface area contributed by atoms with E-state index in [1.165, 1.54) is 12.0 Å². The first-order chi connectivity index (χ1) is 17.6. The Bertz CT molecular complexity index is 1170. The Morgan fingerprint density at radius 1 is 1.05 bits per heavy atom. The largest absolute Gasteiger partial charge is 0.507 e. The topological polar surface area (TPSA) is 88.5 Å². The SMILES string of the molecule is COc1ccc([C@@H]2/C(=C(\O)c3ccc(OCC(C)C)cc3C)C(=O)C(=O)N2CCCN(C)C)cc1OC. The van der Waals surface area contributed by atoms with E-state index in [9.17, 15) is 14.7 Å². The Morgan fingerprint density at radius 3 is 2.35 bits per heavy atom. The van der Waals surface area contributed by atoms with Gasteiger partial charge < -0.3 is 29.1 Å². The molecule has 37 heavy (non-hydrogen) atoms. The van der Waals surface area contributed by atoms with Crippen molar-refractivity contribution in [2.45, 2.75) is 33.2 Å². The van der Waals surface area contributed by atoms with Crippen molar-refractivity contribution in [3.05, 3.63) is 58.7 Å². The first kappa shape index (κ1) is 28.1. The second kappa shape index (κ2) is 12.1. The number of nitrogens with zero attached hydrogens (tertiary/aromatic N) is 2. The van der Waals surface area contributed by atoms with Crippen LogP contribution >= 0.6 is 0 Å². The molecule has 8 nitrogen and oxygen atoms in total. The molecule has 1 N–H and O–H groups in total. The molecule has 0 bridgehead atoms. The lowest BCUT2D eigenvalue weighted by Gasteiger charge is -2.26. The molecule has 3 rings (SSSR count). The maximum absolute atomic E-state index is 13.3. The van der Waals surface area contributed by atoms with Crippen molar-refractivity contribution in [3.8, 4) is 17.2 Å². The second-order valence-electron chi connectivity index (χ2n) is 9.95. The number of amides is 1. The number of rotatable bonds is 11. The van der Waals surface area contributed by atoms with Crippen LogP contribution in [0.4, 0.5) is 0 Å². The van der Waals surface area contributed by atoms with Crippen LogP contribution in [0.2, 0.25) is 0 Å². The van der Waals surface area contributed by atoms with Crippen molar-refractivity contribution in [1.29, 1.82) is 0 Å². The summed E-state index contributed by atoms with van der Waals surface area (Å²) in [7, 11) is 6.98. The van der Waals surface area contributed by atoms with E-state index in [4.69, 9.17) is 14.2 Å². The average molecular weight is 511 g/mol. The van der Waals surface area contributed by atoms with Crippen molar-refractivity contribution in [3.63, 3.8) is 0 Å². The lowest BCUT2D eigenvalue weighted by Crippen LogP contribution is -2.32. The number of hydrogen-bond donors (Lipinski definition) is 1. The highest BCUT2D eigenvalue weighted by Gasteiger charge is 2.46. The smallest absolute Gasteiger partial charge is 0.295 e. The van der Waals surface area contributed by atoms with Gasteiger partial charge in [0, 0.05) is 12.1 Å². The summed E-state index contributed by atoms with van der Waals surface area (Å²) in [6.45, 7) is 7.66. The summed E-state index contributed by atoms with van der Waals surface area (Å²) in [5.41, 5.74) is 1.93. The molecule has 0 unspecified atom stereocenters. The average Bonchev–Trinajstić information content (AvgIpc) is 3.11. The molecule has 0 saturated carbocycles. The van der Waals surface area contributed by atoms with Gasteiger partial charge in [-0.1, -0.05) is 19.9 Å². The molecule has 0 aliphatic carbocycles. The predicted octanol–water partition coefficient (Wildman–Crippen LogP) is 4.42. The molecule has 0 aromatic heterocycles. The number of ether oxygens (including phenoxy) is 3. The van der Waals surface area contributed by atoms with Crippen LogP contribution in [0.3, 0.4) is 0 Å². The molecular formula is C29H38N2O6. The van der Waals surface area contributed by atoms with Crippen LogP contribution in [-0.4, -0.2) is 74.6 Å². The fraction of sp³-hybridized carbons (Fsp3) is 0.448. The highest BCUT2D eigenvalue weighted by Crippen LogP contribution is 2.42. The van der Waals surface area contributed by atoms with Crippen molar-refractivity contribution in [2.24, 2.45) is 5.92 Å². The highest BCUT2D eigenvalue weighted by atomic mass is 16.5. The van der Waals surface area contributed by atoms with Gasteiger partial charge in [-0.2, -0.15) is 0 Å². The van der Waals surface area contributed by atoms with E-state index in [0.717, 1.165) is 12.1 Å². The fourth-order valence-corrected chi connectivity index (χ4v) is 4.44. The van der Waals surface area contributed by atoms with Crippen molar-refractivity contribution >= 4 is 17.4 Å². The molecule has 1 aliphatic heterocycles. The van der Waals surface area contributed by atoms with Crippen molar-refractivity contribution in [1.82, 2.24) is 9.80 Å². The second-order valence-corrected chi connectivity index (χ2v) is 9.95. The molecule has 0 radical (unpaired) electrons. The number of carbonyl (C=O) groups excluding carboxylic acids is 2. The zero-order valence-electron chi connectivity index (χ0n) is 22.8. The maximum atomic E-state index is 13.3. The van der Waals surface area contributed by atoms with Gasteiger partial charge in [0.2, 0.25) is 0 Å². The first-order valence-electron chi connectivity index (χ1n) is 12.5. The third-order valence-electron chi connectivity index (χ3n) is 6.30. The molecule has 1 heterocycles. The number of aryl methyl sites for hydroxylation is 1. The summed E-state index contributed by atoms with van der Waals surface area (Å²) < 4.78 is 16.7. The molecule has 2 aromatic carbocycles. The zero-order valence-corrected chi connectivity index (χ0v) is 22.8. The van der Waals surface area contributed by atoms with Crippen LogP contribution in [0, 0.1) is 12.8 Å². The standard InChI is InChI=1S/C29H38N2O6/c1-18(2)17-37-21-10-11-22(19(3)15-21)27(32)25-26(20-9-12-23(35-6)24(16-20)36-7)31(29(34)28(25)33)14-8-13-30(4)5/h9-12,15-16,18,26,32H,8,13-14,17H2,1-7H3/b27-25+/t26-/m1/s1. The summed E-state index contributed by atoms with van der Waals surface area (Å²) in [6.07, 6.45) is 0.671. The van der Waals surface area contributed by atoms with Gasteiger partial charge in [0.05, 0.1) is 32.4 Å². The molecule has 1 fully saturated rings. The quantitative estimate of drug-likeness (QED) is 0.272. The van der Waals surface area contributed by atoms with Crippen molar-refractivity contribution < 1.29 is 28.9 Å². The van der Waals surface area contributed by atoms with Gasteiger partial charge >= 0.3 is 0 Å². The summed E-state index contributed by atoms with van der Waals surface area (Å²) in [4.78, 5) is 30.1. The predicted molar refractivity (Wildman–Crippen MR) is 143 cm³/mol. The van der Waals surface area contributed by atoms with Gasteiger partial charge in [-0.15, -0.1) is 0 Å². The number of benzene rings is 2. The first-order valence-corrected chi connectivity index (χ1v) is 12.5. The molecule has 1 amide bonds. The van der Waals surface area contributed by atoms with Crippen LogP contribution in [0.15, 0.2) is 42.0 Å². The Morgan fingerprint density at radius 2 is 1.76 bits per heavy atom.